The number of carbonyl (C=O) groups is 2. The van der Waals surface area contributed by atoms with Gasteiger partial charge in [0.15, 0.2) is 13.2 Å². The van der Waals surface area contributed by atoms with Gasteiger partial charge in [-0.25, -0.2) is 13.2 Å². The molecule has 1 N–H and O–H groups in total. The van der Waals surface area contributed by atoms with E-state index in [-0.39, 0.29) is 36.6 Å². The number of esters is 1. The van der Waals surface area contributed by atoms with Crippen LogP contribution < -0.4 is 14.4 Å². The summed E-state index contributed by atoms with van der Waals surface area (Å²) in [7, 11) is -3.70. The highest BCUT2D eigenvalue weighted by molar-refractivity contribution is 7.92. The van der Waals surface area contributed by atoms with Crippen molar-refractivity contribution in [3.8, 4) is 5.75 Å². The molecule has 0 radical (unpaired) electrons. The van der Waals surface area contributed by atoms with Crippen LogP contribution in [0, 0.1) is 11.8 Å². The molecule has 0 spiro atoms. The second kappa shape index (κ2) is 12.1. The maximum absolute atomic E-state index is 13.0. The molecule has 190 valence electrons. The van der Waals surface area contributed by atoms with Gasteiger partial charge in [-0.1, -0.05) is 44.9 Å². The summed E-state index contributed by atoms with van der Waals surface area (Å²) >= 11 is 0. The third-order valence-corrected chi connectivity index (χ3v) is 8.43. The standard InChI is InChI=1S/C26H34N2O6S/c1-4-28(35(31,32)23-10-6-5-7-11-23)21-13-15-22(16-14-21)33-18-26(30)34-17-25(29)27-24-12-8-9-19(2)20(24)3/h5-7,10-11,13-16,19-20,24H,4,8-9,12,17-18H2,1-3H3,(H,27,29). The summed E-state index contributed by atoms with van der Waals surface area (Å²) in [6.07, 6.45) is 3.18. The second-order valence-electron chi connectivity index (χ2n) is 8.87. The fourth-order valence-electron chi connectivity index (χ4n) is 4.28. The van der Waals surface area contributed by atoms with Crippen molar-refractivity contribution in [1.29, 1.82) is 0 Å². The van der Waals surface area contributed by atoms with E-state index in [1.807, 2.05) is 0 Å². The van der Waals surface area contributed by atoms with Crippen LogP contribution in [-0.2, 0) is 24.3 Å². The minimum Gasteiger partial charge on any atom is -0.482 e. The minimum absolute atomic E-state index is 0.105. The summed E-state index contributed by atoms with van der Waals surface area (Å²) < 4.78 is 37.7. The zero-order valence-electron chi connectivity index (χ0n) is 20.5. The molecule has 0 saturated heterocycles. The molecule has 2 aromatic rings. The van der Waals surface area contributed by atoms with Crippen LogP contribution in [0.2, 0.25) is 0 Å². The fraction of sp³-hybridized carbons (Fsp3) is 0.462. The van der Waals surface area contributed by atoms with Crippen molar-refractivity contribution in [3.63, 3.8) is 0 Å². The smallest absolute Gasteiger partial charge is 0.344 e. The van der Waals surface area contributed by atoms with Gasteiger partial charge >= 0.3 is 5.97 Å². The highest BCUT2D eigenvalue weighted by Crippen LogP contribution is 2.29. The Labute approximate surface area is 207 Å². The Morgan fingerprint density at radius 2 is 1.69 bits per heavy atom. The number of hydrogen-bond donors (Lipinski definition) is 1. The van der Waals surface area contributed by atoms with E-state index in [1.54, 1.807) is 61.5 Å². The van der Waals surface area contributed by atoms with Crippen LogP contribution in [-0.4, -0.2) is 46.1 Å². The fourth-order valence-corrected chi connectivity index (χ4v) is 5.78. The topological polar surface area (TPSA) is 102 Å². The Kier molecular flexibility index (Phi) is 9.14. The third kappa shape index (κ3) is 6.97. The lowest BCUT2D eigenvalue weighted by Crippen LogP contribution is -2.45. The van der Waals surface area contributed by atoms with Crippen LogP contribution >= 0.6 is 0 Å². The molecule has 0 bridgehead atoms. The lowest BCUT2D eigenvalue weighted by atomic mass is 9.78. The van der Waals surface area contributed by atoms with Crippen LogP contribution in [0.3, 0.4) is 0 Å². The quantitative estimate of drug-likeness (QED) is 0.497. The molecule has 1 aliphatic carbocycles. The van der Waals surface area contributed by atoms with Gasteiger partial charge in [-0.05, 0) is 61.6 Å². The Bertz CT molecular complexity index is 1090. The van der Waals surface area contributed by atoms with Crippen LogP contribution in [0.1, 0.15) is 40.0 Å². The largest absolute Gasteiger partial charge is 0.482 e. The first kappa shape index (κ1) is 26.5. The van der Waals surface area contributed by atoms with E-state index in [0.29, 0.717) is 23.3 Å². The summed E-state index contributed by atoms with van der Waals surface area (Å²) in [6, 6.07) is 14.7. The van der Waals surface area contributed by atoms with E-state index in [4.69, 9.17) is 9.47 Å². The average molecular weight is 503 g/mol. The number of sulfonamides is 1. The number of rotatable bonds is 10. The first-order valence-corrected chi connectivity index (χ1v) is 13.4. The van der Waals surface area contributed by atoms with E-state index >= 15 is 0 Å². The molecule has 8 nitrogen and oxygen atoms in total. The normalized spacial score (nSPS) is 20.0. The summed E-state index contributed by atoms with van der Waals surface area (Å²) in [4.78, 5) is 24.4. The molecule has 0 aromatic heterocycles. The number of nitrogens with zero attached hydrogens (tertiary/aromatic N) is 1. The number of ether oxygens (including phenoxy) is 2. The Hall–Kier alpha value is -3.07. The highest BCUT2D eigenvalue weighted by Gasteiger charge is 2.28. The van der Waals surface area contributed by atoms with Crippen LogP contribution in [0.25, 0.3) is 0 Å². The number of hydrogen-bond acceptors (Lipinski definition) is 6. The molecule has 0 heterocycles. The summed E-state index contributed by atoms with van der Waals surface area (Å²) in [5, 5.41) is 2.96. The molecule has 3 rings (SSSR count). The lowest BCUT2D eigenvalue weighted by Gasteiger charge is -2.34. The molecule has 1 fully saturated rings. The molecular formula is C26H34N2O6S. The van der Waals surface area contributed by atoms with Gasteiger partial charge in [0.1, 0.15) is 5.75 Å². The minimum atomic E-state index is -3.70. The van der Waals surface area contributed by atoms with Crippen LogP contribution in [0.5, 0.6) is 5.75 Å². The molecule has 1 saturated carbocycles. The van der Waals surface area contributed by atoms with Gasteiger partial charge in [-0.3, -0.25) is 9.10 Å². The number of nitrogens with one attached hydrogen (secondary N) is 1. The highest BCUT2D eigenvalue weighted by atomic mass is 32.2. The Morgan fingerprint density at radius 3 is 2.34 bits per heavy atom. The van der Waals surface area contributed by atoms with E-state index in [1.165, 1.54) is 10.7 Å². The molecule has 35 heavy (non-hydrogen) atoms. The van der Waals surface area contributed by atoms with Gasteiger partial charge in [0, 0.05) is 12.6 Å². The number of anilines is 1. The van der Waals surface area contributed by atoms with Gasteiger partial charge in [-0.15, -0.1) is 0 Å². The maximum Gasteiger partial charge on any atom is 0.344 e. The van der Waals surface area contributed by atoms with E-state index in [0.717, 1.165) is 12.8 Å². The van der Waals surface area contributed by atoms with Gasteiger partial charge in [-0.2, -0.15) is 0 Å². The monoisotopic (exact) mass is 502 g/mol. The molecule has 1 aliphatic rings. The van der Waals surface area contributed by atoms with Crippen molar-refractivity contribution < 1.29 is 27.5 Å². The van der Waals surface area contributed by atoms with Gasteiger partial charge in [0.05, 0.1) is 10.6 Å². The molecule has 1 amide bonds. The molecule has 2 aromatic carbocycles. The molecule has 3 atom stereocenters. The van der Waals surface area contributed by atoms with Crippen molar-refractivity contribution in [2.24, 2.45) is 11.8 Å². The summed E-state index contributed by atoms with van der Waals surface area (Å²) in [6.45, 7) is 5.63. The van der Waals surface area contributed by atoms with Crippen molar-refractivity contribution >= 4 is 27.6 Å². The Morgan fingerprint density at radius 1 is 1.00 bits per heavy atom. The zero-order valence-corrected chi connectivity index (χ0v) is 21.3. The summed E-state index contributed by atoms with van der Waals surface area (Å²) in [5.74, 6) is 0.359. The van der Waals surface area contributed by atoms with E-state index in [9.17, 15) is 18.0 Å². The van der Waals surface area contributed by atoms with Crippen molar-refractivity contribution in [1.82, 2.24) is 5.32 Å². The van der Waals surface area contributed by atoms with Crippen LogP contribution in [0.4, 0.5) is 5.69 Å². The van der Waals surface area contributed by atoms with E-state index < -0.39 is 16.0 Å². The maximum atomic E-state index is 13.0. The number of benzene rings is 2. The lowest BCUT2D eigenvalue weighted by molar-refractivity contribution is -0.150. The predicted molar refractivity (Wildman–Crippen MR) is 134 cm³/mol. The van der Waals surface area contributed by atoms with Gasteiger partial charge in [0.2, 0.25) is 0 Å². The molecular weight excluding hydrogens is 468 g/mol. The zero-order chi connectivity index (χ0) is 25.4. The first-order valence-electron chi connectivity index (χ1n) is 12.0. The Balaban J connectivity index is 1.48. The van der Waals surface area contributed by atoms with Crippen LogP contribution in [0.15, 0.2) is 59.5 Å². The number of carbonyl (C=O) groups excluding carboxylic acids is 2. The predicted octanol–water partition coefficient (Wildman–Crippen LogP) is 3.76. The van der Waals surface area contributed by atoms with Crippen molar-refractivity contribution in [2.75, 3.05) is 24.1 Å². The first-order chi connectivity index (χ1) is 16.7. The summed E-state index contributed by atoms with van der Waals surface area (Å²) in [5.41, 5.74) is 0.481. The molecule has 0 aliphatic heterocycles. The van der Waals surface area contributed by atoms with E-state index in [2.05, 4.69) is 19.2 Å². The second-order valence-corrected chi connectivity index (χ2v) is 10.7. The van der Waals surface area contributed by atoms with Gasteiger partial charge in [0.25, 0.3) is 15.9 Å². The van der Waals surface area contributed by atoms with Crippen molar-refractivity contribution in [2.45, 2.75) is 51.0 Å². The van der Waals surface area contributed by atoms with Gasteiger partial charge < -0.3 is 14.8 Å². The third-order valence-electron chi connectivity index (χ3n) is 6.52. The SMILES string of the molecule is CCN(c1ccc(OCC(=O)OCC(=O)NC2CCCC(C)C2C)cc1)S(=O)(=O)c1ccccc1. The molecule has 9 heteroatoms. The van der Waals surface area contributed by atoms with Crippen molar-refractivity contribution in [3.05, 3.63) is 54.6 Å². The number of amides is 1. The molecule has 3 unspecified atom stereocenters. The average Bonchev–Trinajstić information content (AvgIpc) is 2.86.